The summed E-state index contributed by atoms with van der Waals surface area (Å²) >= 11 is 4.63. The second-order valence-electron chi connectivity index (χ2n) is 5.67. The summed E-state index contributed by atoms with van der Waals surface area (Å²) in [5, 5.41) is 8.85. The maximum Gasteiger partial charge on any atom is 0.226 e. The Bertz CT molecular complexity index is 793. The molecule has 132 valence electrons. The summed E-state index contributed by atoms with van der Waals surface area (Å²) in [5.74, 6) is 0.658. The standard InChI is InChI=1S/C17H18BrN3O3S/c1-10(22)19-13-5-7-24-15-3-2-11(8-12(13)15)14-9-25-17(20-14)21-16(23)4-6-18/h2-3,8-9,13H,4-7H2,1H3,(H,19,22)(H,20,21,23). The molecule has 2 aromatic rings. The lowest BCUT2D eigenvalue weighted by Crippen LogP contribution is -2.30. The second kappa shape index (κ2) is 7.97. The molecule has 0 saturated heterocycles. The molecule has 2 heterocycles. The van der Waals surface area contributed by atoms with Crippen molar-refractivity contribution in [3.05, 3.63) is 29.1 Å². The van der Waals surface area contributed by atoms with E-state index in [1.165, 1.54) is 18.3 Å². The molecule has 1 aromatic carbocycles. The molecule has 25 heavy (non-hydrogen) atoms. The topological polar surface area (TPSA) is 80.3 Å². The van der Waals surface area contributed by atoms with Gasteiger partial charge in [-0.05, 0) is 18.2 Å². The van der Waals surface area contributed by atoms with Gasteiger partial charge in [0, 0.05) is 41.6 Å². The lowest BCUT2D eigenvalue weighted by atomic mass is 9.97. The van der Waals surface area contributed by atoms with Gasteiger partial charge in [0.15, 0.2) is 5.13 Å². The number of ether oxygens (including phenoxy) is 1. The van der Waals surface area contributed by atoms with Crippen LogP contribution in [0.4, 0.5) is 5.13 Å². The lowest BCUT2D eigenvalue weighted by Gasteiger charge is -2.26. The fraction of sp³-hybridized carbons (Fsp3) is 0.353. The van der Waals surface area contributed by atoms with E-state index in [1.807, 2.05) is 23.6 Å². The summed E-state index contributed by atoms with van der Waals surface area (Å²) in [6.45, 7) is 2.10. The molecule has 8 heteroatoms. The average molecular weight is 424 g/mol. The third kappa shape index (κ3) is 4.38. The number of aromatic nitrogens is 1. The van der Waals surface area contributed by atoms with Crippen molar-refractivity contribution in [3.8, 4) is 17.0 Å². The normalized spacial score (nSPS) is 15.8. The highest BCUT2D eigenvalue weighted by Gasteiger charge is 2.23. The molecule has 0 spiro atoms. The Balaban J connectivity index is 1.83. The van der Waals surface area contributed by atoms with Crippen molar-refractivity contribution in [2.75, 3.05) is 17.3 Å². The smallest absolute Gasteiger partial charge is 0.226 e. The van der Waals surface area contributed by atoms with E-state index in [0.29, 0.717) is 23.5 Å². The van der Waals surface area contributed by atoms with Crippen LogP contribution in [0.25, 0.3) is 11.3 Å². The van der Waals surface area contributed by atoms with E-state index in [-0.39, 0.29) is 17.9 Å². The number of thiazole rings is 1. The van der Waals surface area contributed by atoms with Crippen molar-refractivity contribution < 1.29 is 14.3 Å². The summed E-state index contributed by atoms with van der Waals surface area (Å²) in [6, 6.07) is 5.78. The molecule has 0 saturated carbocycles. The van der Waals surface area contributed by atoms with Gasteiger partial charge in [0.25, 0.3) is 0 Å². The minimum absolute atomic E-state index is 0.0575. The number of halogens is 1. The van der Waals surface area contributed by atoms with E-state index in [2.05, 4.69) is 31.5 Å². The zero-order valence-electron chi connectivity index (χ0n) is 13.7. The molecular weight excluding hydrogens is 406 g/mol. The van der Waals surface area contributed by atoms with Crippen LogP contribution < -0.4 is 15.4 Å². The van der Waals surface area contributed by atoms with Gasteiger partial charge in [-0.25, -0.2) is 4.98 Å². The zero-order chi connectivity index (χ0) is 17.8. The van der Waals surface area contributed by atoms with Gasteiger partial charge in [-0.2, -0.15) is 0 Å². The minimum atomic E-state index is -0.0673. The maximum absolute atomic E-state index is 11.7. The van der Waals surface area contributed by atoms with Crippen LogP contribution >= 0.6 is 27.3 Å². The quantitative estimate of drug-likeness (QED) is 0.721. The maximum atomic E-state index is 11.7. The highest BCUT2D eigenvalue weighted by Crippen LogP contribution is 2.36. The number of nitrogens with zero attached hydrogens (tertiary/aromatic N) is 1. The largest absolute Gasteiger partial charge is 0.493 e. The highest BCUT2D eigenvalue weighted by molar-refractivity contribution is 9.09. The number of fused-ring (bicyclic) bond motifs is 1. The van der Waals surface area contributed by atoms with Crippen LogP contribution in [-0.4, -0.2) is 28.7 Å². The molecule has 1 unspecified atom stereocenters. The van der Waals surface area contributed by atoms with Crippen LogP contribution in [0.15, 0.2) is 23.6 Å². The highest BCUT2D eigenvalue weighted by atomic mass is 79.9. The second-order valence-corrected chi connectivity index (χ2v) is 7.32. The van der Waals surface area contributed by atoms with Crippen molar-refractivity contribution in [1.82, 2.24) is 10.3 Å². The molecule has 6 nitrogen and oxygen atoms in total. The third-order valence-electron chi connectivity index (χ3n) is 3.79. The zero-order valence-corrected chi connectivity index (χ0v) is 16.1. The van der Waals surface area contributed by atoms with Gasteiger partial charge in [0.1, 0.15) is 5.75 Å². The first-order chi connectivity index (χ1) is 12.1. The number of rotatable bonds is 5. The van der Waals surface area contributed by atoms with E-state index in [4.69, 9.17) is 4.74 Å². The van der Waals surface area contributed by atoms with Crippen molar-refractivity contribution in [2.45, 2.75) is 25.8 Å². The minimum Gasteiger partial charge on any atom is -0.493 e. The number of amides is 2. The Morgan fingerprint density at radius 1 is 1.44 bits per heavy atom. The number of carbonyl (C=O) groups excluding carboxylic acids is 2. The predicted molar refractivity (Wildman–Crippen MR) is 101 cm³/mol. The summed E-state index contributed by atoms with van der Waals surface area (Å²) in [4.78, 5) is 27.6. The summed E-state index contributed by atoms with van der Waals surface area (Å²) < 4.78 is 5.68. The van der Waals surface area contributed by atoms with Crippen LogP contribution in [0, 0.1) is 0 Å². The molecule has 2 N–H and O–H groups in total. The van der Waals surface area contributed by atoms with E-state index in [0.717, 1.165) is 29.0 Å². The Hall–Kier alpha value is -1.93. The van der Waals surface area contributed by atoms with Gasteiger partial charge >= 0.3 is 0 Å². The SMILES string of the molecule is CC(=O)NC1CCOc2ccc(-c3csc(NC(=O)CCBr)n3)cc21. The molecule has 0 radical (unpaired) electrons. The van der Waals surface area contributed by atoms with Crippen molar-refractivity contribution in [2.24, 2.45) is 0 Å². The van der Waals surface area contributed by atoms with Gasteiger partial charge in [0.2, 0.25) is 11.8 Å². The molecule has 1 atom stereocenters. The van der Waals surface area contributed by atoms with Gasteiger partial charge < -0.3 is 15.4 Å². The lowest BCUT2D eigenvalue weighted by molar-refractivity contribution is -0.120. The molecule has 3 rings (SSSR count). The molecule has 0 bridgehead atoms. The first-order valence-electron chi connectivity index (χ1n) is 7.92. The fourth-order valence-electron chi connectivity index (χ4n) is 2.68. The Kier molecular flexibility index (Phi) is 5.70. The van der Waals surface area contributed by atoms with Gasteiger partial charge in [-0.15, -0.1) is 11.3 Å². The molecule has 1 aliphatic heterocycles. The predicted octanol–water partition coefficient (Wildman–Crippen LogP) is 3.49. The van der Waals surface area contributed by atoms with Gasteiger partial charge in [0.05, 0.1) is 18.3 Å². The number of carbonyl (C=O) groups is 2. The molecule has 2 amide bonds. The molecule has 0 fully saturated rings. The fourth-order valence-corrected chi connectivity index (χ4v) is 3.78. The molecule has 1 aliphatic rings. The summed E-state index contributed by atoms with van der Waals surface area (Å²) in [5.41, 5.74) is 2.67. The van der Waals surface area contributed by atoms with E-state index >= 15 is 0 Å². The number of hydrogen-bond donors (Lipinski definition) is 2. The van der Waals surface area contributed by atoms with E-state index in [9.17, 15) is 9.59 Å². The van der Waals surface area contributed by atoms with E-state index in [1.54, 1.807) is 0 Å². The Morgan fingerprint density at radius 2 is 2.28 bits per heavy atom. The number of hydrogen-bond acceptors (Lipinski definition) is 5. The third-order valence-corrected chi connectivity index (χ3v) is 4.95. The first-order valence-corrected chi connectivity index (χ1v) is 9.92. The van der Waals surface area contributed by atoms with Crippen molar-refractivity contribution in [3.63, 3.8) is 0 Å². The summed E-state index contributed by atoms with van der Waals surface area (Å²) in [6.07, 6.45) is 1.14. The van der Waals surface area contributed by atoms with Gasteiger partial charge in [-0.3, -0.25) is 9.59 Å². The van der Waals surface area contributed by atoms with Crippen LogP contribution in [0.1, 0.15) is 31.4 Å². The van der Waals surface area contributed by atoms with Crippen LogP contribution in [0.5, 0.6) is 5.75 Å². The van der Waals surface area contributed by atoms with Crippen LogP contribution in [0.2, 0.25) is 0 Å². The molecular formula is C17H18BrN3O3S. The monoisotopic (exact) mass is 423 g/mol. The number of anilines is 1. The van der Waals surface area contributed by atoms with Crippen molar-refractivity contribution >= 4 is 44.2 Å². The van der Waals surface area contributed by atoms with Crippen LogP contribution in [-0.2, 0) is 9.59 Å². The molecule has 0 aliphatic carbocycles. The number of benzene rings is 1. The van der Waals surface area contributed by atoms with E-state index < -0.39 is 0 Å². The first kappa shape index (κ1) is 17.9. The Morgan fingerprint density at radius 3 is 3.04 bits per heavy atom. The number of alkyl halides is 1. The van der Waals surface area contributed by atoms with Crippen LogP contribution in [0.3, 0.4) is 0 Å². The van der Waals surface area contributed by atoms with Crippen molar-refractivity contribution in [1.29, 1.82) is 0 Å². The molecule has 1 aromatic heterocycles. The average Bonchev–Trinajstić information content (AvgIpc) is 3.03. The summed E-state index contributed by atoms with van der Waals surface area (Å²) in [7, 11) is 0. The number of nitrogens with one attached hydrogen (secondary N) is 2. The Labute approximate surface area is 158 Å². The van der Waals surface area contributed by atoms with Gasteiger partial charge in [-0.1, -0.05) is 15.9 Å².